The van der Waals surface area contributed by atoms with Gasteiger partial charge in [-0.15, -0.1) is 0 Å². The molecule has 3 rings (SSSR count). The molecule has 0 radical (unpaired) electrons. The van der Waals surface area contributed by atoms with Gasteiger partial charge in [0.15, 0.2) is 0 Å². The topological polar surface area (TPSA) is 77.9 Å². The second kappa shape index (κ2) is 7.48. The van der Waals surface area contributed by atoms with Gasteiger partial charge in [0.25, 0.3) is 11.8 Å². The van der Waals surface area contributed by atoms with Crippen LogP contribution in [0.2, 0.25) is 0 Å². The molecule has 0 aromatic heterocycles. The molecule has 26 heavy (non-hydrogen) atoms. The molecule has 1 aliphatic carbocycles. The molecule has 2 fully saturated rings. The largest absolute Gasteiger partial charge is 0.481 e. The number of amides is 2. The predicted octanol–water partition coefficient (Wildman–Crippen LogP) is 2.35. The van der Waals surface area contributed by atoms with E-state index in [1.54, 1.807) is 34.1 Å². The molecule has 6 heteroatoms. The fourth-order valence-electron chi connectivity index (χ4n) is 3.89. The van der Waals surface area contributed by atoms with Crippen molar-refractivity contribution in [1.29, 1.82) is 0 Å². The maximum Gasteiger partial charge on any atom is 0.308 e. The number of hydrogen-bond donors (Lipinski definition) is 1. The minimum Gasteiger partial charge on any atom is -0.481 e. The van der Waals surface area contributed by atoms with Gasteiger partial charge in [-0.3, -0.25) is 14.4 Å². The number of hydrogen-bond acceptors (Lipinski definition) is 3. The van der Waals surface area contributed by atoms with Crippen molar-refractivity contribution in [2.24, 2.45) is 17.8 Å². The Morgan fingerprint density at radius 3 is 2.12 bits per heavy atom. The molecular formula is C20H26N2O4. The van der Waals surface area contributed by atoms with Crippen LogP contribution in [0.3, 0.4) is 0 Å². The fourth-order valence-corrected chi connectivity index (χ4v) is 3.89. The van der Waals surface area contributed by atoms with Crippen molar-refractivity contribution in [2.45, 2.75) is 26.7 Å². The zero-order chi connectivity index (χ0) is 18.8. The van der Waals surface area contributed by atoms with E-state index in [0.29, 0.717) is 36.7 Å². The molecule has 0 unspecified atom stereocenters. The van der Waals surface area contributed by atoms with Crippen LogP contribution in [-0.2, 0) is 4.79 Å². The molecule has 1 aromatic rings. The van der Waals surface area contributed by atoms with Gasteiger partial charge in [-0.1, -0.05) is 0 Å². The average molecular weight is 358 g/mol. The summed E-state index contributed by atoms with van der Waals surface area (Å²) in [5.41, 5.74) is 1.06. The van der Waals surface area contributed by atoms with E-state index in [2.05, 4.69) is 0 Å². The lowest BCUT2D eigenvalue weighted by molar-refractivity contribution is -0.142. The molecule has 0 spiro atoms. The van der Waals surface area contributed by atoms with Crippen LogP contribution in [-0.4, -0.2) is 58.9 Å². The molecule has 2 aliphatic rings. The highest BCUT2D eigenvalue weighted by Crippen LogP contribution is 2.44. The summed E-state index contributed by atoms with van der Waals surface area (Å²) in [6.45, 7) is 5.94. The van der Waals surface area contributed by atoms with E-state index < -0.39 is 11.9 Å². The normalized spacial score (nSPS) is 22.3. The summed E-state index contributed by atoms with van der Waals surface area (Å²) in [6.07, 6.45) is 2.14. The van der Waals surface area contributed by atoms with Crippen molar-refractivity contribution >= 4 is 17.8 Å². The smallest absolute Gasteiger partial charge is 0.308 e. The SMILES string of the molecule is CCN(CC)C(=O)c1ccc(C(=O)N2C[C@H](C(=O)O)[C@@H](C3CC3)C2)cc1. The zero-order valence-electron chi connectivity index (χ0n) is 15.4. The molecule has 1 saturated heterocycles. The van der Waals surface area contributed by atoms with Gasteiger partial charge in [0.05, 0.1) is 5.92 Å². The number of likely N-dealkylation sites (tertiary alicyclic amines) is 1. The van der Waals surface area contributed by atoms with Crippen LogP contribution >= 0.6 is 0 Å². The maximum atomic E-state index is 12.8. The van der Waals surface area contributed by atoms with E-state index in [1.165, 1.54) is 0 Å². The highest BCUT2D eigenvalue weighted by molar-refractivity contribution is 5.98. The van der Waals surface area contributed by atoms with Gasteiger partial charge in [0, 0.05) is 37.3 Å². The molecule has 0 bridgehead atoms. The van der Waals surface area contributed by atoms with Gasteiger partial charge in [-0.2, -0.15) is 0 Å². The van der Waals surface area contributed by atoms with Crippen molar-refractivity contribution in [1.82, 2.24) is 9.80 Å². The van der Waals surface area contributed by atoms with Crippen molar-refractivity contribution in [2.75, 3.05) is 26.2 Å². The number of carboxylic acids is 1. The fraction of sp³-hybridized carbons (Fsp3) is 0.550. The summed E-state index contributed by atoms with van der Waals surface area (Å²) < 4.78 is 0. The van der Waals surface area contributed by atoms with Gasteiger partial charge < -0.3 is 14.9 Å². The van der Waals surface area contributed by atoms with Crippen LogP contribution in [0.4, 0.5) is 0 Å². The number of nitrogens with zero attached hydrogens (tertiary/aromatic N) is 2. The van der Waals surface area contributed by atoms with Gasteiger partial charge >= 0.3 is 5.97 Å². The maximum absolute atomic E-state index is 12.8. The molecule has 2 amide bonds. The van der Waals surface area contributed by atoms with Crippen LogP contribution in [0.1, 0.15) is 47.4 Å². The first-order valence-electron chi connectivity index (χ1n) is 9.37. The summed E-state index contributed by atoms with van der Waals surface area (Å²) in [5.74, 6) is -0.952. The number of aliphatic carboxylic acids is 1. The summed E-state index contributed by atoms with van der Waals surface area (Å²) in [5, 5.41) is 9.45. The molecule has 1 heterocycles. The van der Waals surface area contributed by atoms with Crippen molar-refractivity contribution in [3.63, 3.8) is 0 Å². The lowest BCUT2D eigenvalue weighted by Gasteiger charge is -2.19. The second-order valence-electron chi connectivity index (χ2n) is 7.21. The van der Waals surface area contributed by atoms with E-state index in [1.807, 2.05) is 13.8 Å². The molecule has 1 saturated carbocycles. The third-order valence-electron chi connectivity index (χ3n) is 5.63. The second-order valence-corrected chi connectivity index (χ2v) is 7.21. The number of carbonyl (C=O) groups excluding carboxylic acids is 2. The number of carboxylic acid groups (broad SMARTS) is 1. The highest BCUT2D eigenvalue weighted by Gasteiger charge is 2.46. The molecule has 1 N–H and O–H groups in total. The number of benzene rings is 1. The molecule has 2 atom stereocenters. The zero-order valence-corrected chi connectivity index (χ0v) is 15.4. The van der Waals surface area contributed by atoms with Gasteiger partial charge in [-0.05, 0) is 62.8 Å². The number of rotatable bonds is 6. The summed E-state index contributed by atoms with van der Waals surface area (Å²) in [6, 6.07) is 6.69. The van der Waals surface area contributed by atoms with Crippen molar-refractivity contribution < 1.29 is 19.5 Å². The van der Waals surface area contributed by atoms with Gasteiger partial charge in [-0.25, -0.2) is 0 Å². The first-order valence-corrected chi connectivity index (χ1v) is 9.37. The van der Waals surface area contributed by atoms with Crippen molar-refractivity contribution in [3.05, 3.63) is 35.4 Å². The third kappa shape index (κ3) is 3.59. The minimum atomic E-state index is -0.808. The van der Waals surface area contributed by atoms with Crippen LogP contribution < -0.4 is 0 Å². The van der Waals surface area contributed by atoms with E-state index in [4.69, 9.17) is 0 Å². The van der Waals surface area contributed by atoms with Crippen molar-refractivity contribution in [3.8, 4) is 0 Å². The molecule has 6 nitrogen and oxygen atoms in total. The predicted molar refractivity (Wildman–Crippen MR) is 96.9 cm³/mol. The Bertz CT molecular complexity index is 692. The van der Waals surface area contributed by atoms with E-state index in [9.17, 15) is 19.5 Å². The highest BCUT2D eigenvalue weighted by atomic mass is 16.4. The van der Waals surface area contributed by atoms with Crippen LogP contribution in [0.5, 0.6) is 0 Å². The van der Waals surface area contributed by atoms with E-state index in [-0.39, 0.29) is 24.3 Å². The lowest BCUT2D eigenvalue weighted by Crippen LogP contribution is -2.31. The first-order chi connectivity index (χ1) is 12.5. The first kappa shape index (κ1) is 18.4. The quantitative estimate of drug-likeness (QED) is 0.847. The minimum absolute atomic E-state index is 0.0464. The average Bonchev–Trinajstić information content (AvgIpc) is 3.40. The van der Waals surface area contributed by atoms with Crippen LogP contribution in [0, 0.1) is 17.8 Å². The van der Waals surface area contributed by atoms with E-state index in [0.717, 1.165) is 12.8 Å². The van der Waals surface area contributed by atoms with E-state index >= 15 is 0 Å². The molecule has 1 aromatic carbocycles. The summed E-state index contributed by atoms with van der Waals surface area (Å²) in [4.78, 5) is 40.0. The Labute approximate surface area is 153 Å². The van der Waals surface area contributed by atoms with Gasteiger partial charge in [0.2, 0.25) is 0 Å². The standard InChI is InChI=1S/C20H26N2O4/c1-3-21(4-2)18(23)14-7-9-15(10-8-14)19(24)22-11-16(13-5-6-13)17(12-22)20(25)26/h7-10,13,16-17H,3-6,11-12H2,1-2H3,(H,25,26)/t16-,17+/m1/s1. The summed E-state index contributed by atoms with van der Waals surface area (Å²) >= 11 is 0. The lowest BCUT2D eigenvalue weighted by atomic mass is 9.92. The van der Waals surface area contributed by atoms with Crippen LogP contribution in [0.15, 0.2) is 24.3 Å². The Hall–Kier alpha value is -2.37. The number of carbonyl (C=O) groups is 3. The molecule has 140 valence electrons. The molecule has 1 aliphatic heterocycles. The Kier molecular flexibility index (Phi) is 5.30. The third-order valence-corrected chi connectivity index (χ3v) is 5.63. The molecular weight excluding hydrogens is 332 g/mol. The Balaban J connectivity index is 1.70. The van der Waals surface area contributed by atoms with Crippen LogP contribution in [0.25, 0.3) is 0 Å². The van der Waals surface area contributed by atoms with Gasteiger partial charge in [0.1, 0.15) is 0 Å². The Morgan fingerprint density at radius 2 is 1.62 bits per heavy atom. The monoisotopic (exact) mass is 358 g/mol. The Morgan fingerprint density at radius 1 is 1.04 bits per heavy atom. The summed E-state index contributed by atoms with van der Waals surface area (Å²) in [7, 11) is 0.